The Balaban J connectivity index is 1.93. The number of nitrogens with two attached hydrogens (primary N) is 1. The third-order valence-corrected chi connectivity index (χ3v) is 3.43. The van der Waals surface area contributed by atoms with Crippen LogP contribution in [0.5, 0.6) is 0 Å². The van der Waals surface area contributed by atoms with E-state index in [-0.39, 0.29) is 18.4 Å². The molecule has 1 aliphatic carbocycles. The number of hydrogen-bond acceptors (Lipinski definition) is 3. The molecule has 1 fully saturated rings. The normalized spacial score (nSPS) is 17.1. The summed E-state index contributed by atoms with van der Waals surface area (Å²) in [4.78, 5) is 24.0. The van der Waals surface area contributed by atoms with Gasteiger partial charge < -0.3 is 16.4 Å². The molecule has 0 aromatic heterocycles. The molecule has 1 saturated carbocycles. The molecule has 108 valence electrons. The van der Waals surface area contributed by atoms with Crippen LogP contribution in [0.25, 0.3) is 0 Å². The minimum atomic E-state index is -0.541. The minimum absolute atomic E-state index is 0.135. The maximum Gasteiger partial charge on any atom is 0.242 e. The lowest BCUT2D eigenvalue weighted by atomic mass is 9.98. The second kappa shape index (κ2) is 6.52. The predicted molar refractivity (Wildman–Crippen MR) is 77.0 cm³/mol. The van der Waals surface area contributed by atoms with Crippen LogP contribution in [-0.4, -0.2) is 30.4 Å². The molecule has 2 atom stereocenters. The summed E-state index contributed by atoms with van der Waals surface area (Å²) in [5.74, 6) is -0.769. The van der Waals surface area contributed by atoms with Gasteiger partial charge in [0, 0.05) is 12.6 Å². The summed E-state index contributed by atoms with van der Waals surface area (Å²) in [5, 5.41) is 5.60. The number of carbonyl (C=O) groups is 2. The van der Waals surface area contributed by atoms with E-state index in [0.717, 1.165) is 18.4 Å². The fourth-order valence-corrected chi connectivity index (χ4v) is 2.01. The Labute approximate surface area is 118 Å². The lowest BCUT2D eigenvalue weighted by Crippen LogP contribution is -2.47. The van der Waals surface area contributed by atoms with Crippen LogP contribution in [-0.2, 0) is 9.59 Å². The van der Waals surface area contributed by atoms with E-state index in [1.807, 2.05) is 30.3 Å². The second-order valence-corrected chi connectivity index (χ2v) is 5.21. The van der Waals surface area contributed by atoms with E-state index in [2.05, 4.69) is 10.6 Å². The molecule has 1 aliphatic rings. The summed E-state index contributed by atoms with van der Waals surface area (Å²) in [6.07, 6.45) is 2.06. The number of hydrogen-bond donors (Lipinski definition) is 3. The molecular formula is C15H21N3O2. The number of rotatable bonds is 6. The Morgan fingerprint density at radius 1 is 1.25 bits per heavy atom. The van der Waals surface area contributed by atoms with Crippen molar-refractivity contribution in [2.24, 2.45) is 5.73 Å². The van der Waals surface area contributed by atoms with Crippen molar-refractivity contribution in [3.8, 4) is 0 Å². The van der Waals surface area contributed by atoms with Crippen LogP contribution >= 0.6 is 0 Å². The van der Waals surface area contributed by atoms with Crippen LogP contribution in [0.3, 0.4) is 0 Å². The lowest BCUT2D eigenvalue weighted by Gasteiger charge is -2.19. The van der Waals surface area contributed by atoms with Gasteiger partial charge >= 0.3 is 0 Å². The fraction of sp³-hybridized carbons (Fsp3) is 0.467. The third kappa shape index (κ3) is 3.81. The maximum atomic E-state index is 12.2. The van der Waals surface area contributed by atoms with Crippen molar-refractivity contribution in [1.29, 1.82) is 0 Å². The number of amides is 2. The van der Waals surface area contributed by atoms with E-state index in [9.17, 15) is 9.59 Å². The first kappa shape index (κ1) is 14.5. The van der Waals surface area contributed by atoms with Crippen LogP contribution in [0, 0.1) is 0 Å². The molecule has 0 radical (unpaired) electrons. The lowest BCUT2D eigenvalue weighted by molar-refractivity contribution is -0.129. The van der Waals surface area contributed by atoms with Crippen molar-refractivity contribution < 1.29 is 9.59 Å². The molecule has 1 aromatic rings. The van der Waals surface area contributed by atoms with E-state index >= 15 is 0 Å². The van der Waals surface area contributed by atoms with E-state index in [0.29, 0.717) is 6.04 Å². The Morgan fingerprint density at radius 3 is 2.45 bits per heavy atom. The van der Waals surface area contributed by atoms with Crippen molar-refractivity contribution >= 4 is 11.8 Å². The van der Waals surface area contributed by atoms with Gasteiger partial charge in [0.2, 0.25) is 11.8 Å². The van der Waals surface area contributed by atoms with Crippen LogP contribution in [0.15, 0.2) is 30.3 Å². The molecule has 20 heavy (non-hydrogen) atoms. The predicted octanol–water partition coefficient (Wildman–Crippen LogP) is 0.512. The maximum absolute atomic E-state index is 12.2. The number of nitrogens with one attached hydrogen (secondary N) is 2. The van der Waals surface area contributed by atoms with Gasteiger partial charge in [-0.2, -0.15) is 0 Å². The Morgan fingerprint density at radius 2 is 1.90 bits per heavy atom. The van der Waals surface area contributed by atoms with Crippen molar-refractivity contribution in [3.63, 3.8) is 0 Å². The van der Waals surface area contributed by atoms with Gasteiger partial charge in [-0.1, -0.05) is 30.3 Å². The highest BCUT2D eigenvalue weighted by molar-refractivity contribution is 5.90. The van der Waals surface area contributed by atoms with E-state index in [1.165, 1.54) is 0 Å². The highest BCUT2D eigenvalue weighted by Crippen LogP contribution is 2.19. The first-order valence-electron chi connectivity index (χ1n) is 6.97. The monoisotopic (exact) mass is 275 g/mol. The average molecular weight is 275 g/mol. The van der Waals surface area contributed by atoms with E-state index < -0.39 is 12.0 Å². The van der Waals surface area contributed by atoms with Gasteiger partial charge in [0.1, 0.15) is 6.04 Å². The SMILES string of the molecule is CC(NC(=O)C(CN)c1ccccc1)C(=O)NC1CC1. The molecule has 0 bridgehead atoms. The topological polar surface area (TPSA) is 84.2 Å². The third-order valence-electron chi connectivity index (χ3n) is 3.43. The Hall–Kier alpha value is -1.88. The van der Waals surface area contributed by atoms with Crippen LogP contribution < -0.4 is 16.4 Å². The van der Waals surface area contributed by atoms with E-state index in [4.69, 9.17) is 5.73 Å². The molecule has 0 spiro atoms. The average Bonchev–Trinajstić information content (AvgIpc) is 3.24. The minimum Gasteiger partial charge on any atom is -0.352 e. The summed E-state index contributed by atoms with van der Waals surface area (Å²) >= 11 is 0. The van der Waals surface area contributed by atoms with Gasteiger partial charge in [-0.3, -0.25) is 9.59 Å². The molecule has 5 heteroatoms. The summed E-state index contributed by atoms with van der Waals surface area (Å²) in [5.41, 5.74) is 6.55. The van der Waals surface area contributed by atoms with Crippen LogP contribution in [0.4, 0.5) is 0 Å². The Bertz CT molecular complexity index is 471. The first-order valence-corrected chi connectivity index (χ1v) is 6.97. The molecule has 0 heterocycles. The van der Waals surface area contributed by atoms with Gasteiger partial charge in [0.15, 0.2) is 0 Å². The highest BCUT2D eigenvalue weighted by Gasteiger charge is 2.27. The van der Waals surface area contributed by atoms with Gasteiger partial charge in [0.05, 0.1) is 5.92 Å². The smallest absolute Gasteiger partial charge is 0.242 e. The fourth-order valence-electron chi connectivity index (χ4n) is 2.01. The van der Waals surface area contributed by atoms with Gasteiger partial charge in [-0.05, 0) is 25.3 Å². The zero-order valence-corrected chi connectivity index (χ0v) is 11.6. The quantitative estimate of drug-likeness (QED) is 0.707. The molecular weight excluding hydrogens is 254 g/mol. The highest BCUT2D eigenvalue weighted by atomic mass is 16.2. The zero-order valence-electron chi connectivity index (χ0n) is 11.6. The van der Waals surface area contributed by atoms with Crippen molar-refractivity contribution in [2.45, 2.75) is 37.8 Å². The number of benzene rings is 1. The first-order chi connectivity index (χ1) is 9.61. The summed E-state index contributed by atoms with van der Waals surface area (Å²) in [7, 11) is 0. The molecule has 4 N–H and O–H groups in total. The number of carbonyl (C=O) groups excluding carboxylic acids is 2. The molecule has 2 amide bonds. The van der Waals surface area contributed by atoms with Crippen LogP contribution in [0.2, 0.25) is 0 Å². The molecule has 0 aliphatic heterocycles. The summed E-state index contributed by atoms with van der Waals surface area (Å²) in [6.45, 7) is 1.90. The molecule has 5 nitrogen and oxygen atoms in total. The second-order valence-electron chi connectivity index (χ2n) is 5.21. The molecule has 0 saturated heterocycles. The van der Waals surface area contributed by atoms with E-state index in [1.54, 1.807) is 6.92 Å². The van der Waals surface area contributed by atoms with Gasteiger partial charge in [-0.25, -0.2) is 0 Å². The summed E-state index contributed by atoms with van der Waals surface area (Å²) in [6, 6.07) is 9.11. The van der Waals surface area contributed by atoms with Crippen molar-refractivity contribution in [1.82, 2.24) is 10.6 Å². The van der Waals surface area contributed by atoms with Crippen molar-refractivity contribution in [3.05, 3.63) is 35.9 Å². The van der Waals surface area contributed by atoms with Gasteiger partial charge in [-0.15, -0.1) is 0 Å². The Kier molecular flexibility index (Phi) is 4.74. The molecule has 2 unspecified atom stereocenters. The molecule has 2 rings (SSSR count). The van der Waals surface area contributed by atoms with Gasteiger partial charge in [0.25, 0.3) is 0 Å². The largest absolute Gasteiger partial charge is 0.352 e. The summed E-state index contributed by atoms with van der Waals surface area (Å²) < 4.78 is 0. The zero-order chi connectivity index (χ0) is 14.5. The van der Waals surface area contributed by atoms with Crippen molar-refractivity contribution in [2.75, 3.05) is 6.54 Å². The standard InChI is InChI=1S/C15H21N3O2/c1-10(14(19)18-12-7-8-12)17-15(20)13(9-16)11-5-3-2-4-6-11/h2-6,10,12-13H,7-9,16H2,1H3,(H,17,20)(H,18,19). The molecule has 1 aromatic carbocycles. The van der Waals surface area contributed by atoms with Crippen LogP contribution in [0.1, 0.15) is 31.2 Å².